The topological polar surface area (TPSA) is 46.3 Å². The number of nitrogens with two attached hydrogens (primary N) is 1. The third-order valence-electron chi connectivity index (χ3n) is 3.89. The summed E-state index contributed by atoms with van der Waals surface area (Å²) in [5.74, 6) is 1.45. The van der Waals surface area contributed by atoms with Gasteiger partial charge in [-0.1, -0.05) is 17.7 Å². The highest BCUT2D eigenvalue weighted by Crippen LogP contribution is 2.52. The number of aryl methyl sites for hydroxylation is 1. The highest BCUT2D eigenvalue weighted by Gasteiger charge is 2.60. The van der Waals surface area contributed by atoms with E-state index in [-0.39, 0.29) is 11.8 Å². The van der Waals surface area contributed by atoms with Gasteiger partial charge in [-0.25, -0.2) is 0 Å². The van der Waals surface area contributed by atoms with Crippen LogP contribution < -0.4 is 10.6 Å². The van der Waals surface area contributed by atoms with Crippen LogP contribution >= 0.6 is 0 Å². The zero-order valence-electron chi connectivity index (χ0n) is 9.39. The number of carbonyl (C=O) groups excluding carboxylic acids is 1. The molecule has 3 heteroatoms. The highest BCUT2D eigenvalue weighted by molar-refractivity contribution is 6.00. The molecule has 3 unspecified atom stereocenters. The predicted octanol–water partition coefficient (Wildman–Crippen LogP) is 1.16. The fraction of sp³-hybridized carbons (Fsp3) is 0.462. The van der Waals surface area contributed by atoms with E-state index >= 15 is 0 Å². The molecule has 0 aromatic heterocycles. The number of anilines is 1. The van der Waals surface area contributed by atoms with Crippen LogP contribution in [0.25, 0.3) is 0 Å². The maximum atomic E-state index is 12.1. The van der Waals surface area contributed by atoms with Gasteiger partial charge in [0.1, 0.15) is 0 Å². The van der Waals surface area contributed by atoms with E-state index in [0.29, 0.717) is 18.4 Å². The second-order valence-electron chi connectivity index (χ2n) is 4.87. The Bertz CT molecular complexity index is 426. The summed E-state index contributed by atoms with van der Waals surface area (Å²) in [4.78, 5) is 14.0. The second kappa shape index (κ2) is 3.32. The highest BCUT2D eigenvalue weighted by atomic mass is 16.2. The number of piperidine rings is 1. The van der Waals surface area contributed by atoms with Crippen molar-refractivity contribution in [2.75, 3.05) is 18.0 Å². The molecule has 3 nitrogen and oxygen atoms in total. The molecule has 1 heterocycles. The molecule has 0 radical (unpaired) electrons. The zero-order chi connectivity index (χ0) is 11.3. The largest absolute Gasteiger partial charge is 0.330 e. The van der Waals surface area contributed by atoms with E-state index in [9.17, 15) is 4.79 Å². The zero-order valence-corrected chi connectivity index (χ0v) is 9.39. The molecule has 1 saturated carbocycles. The first kappa shape index (κ1) is 9.85. The summed E-state index contributed by atoms with van der Waals surface area (Å²) < 4.78 is 0. The van der Waals surface area contributed by atoms with Gasteiger partial charge in [-0.15, -0.1) is 0 Å². The van der Waals surface area contributed by atoms with Gasteiger partial charge in [0.2, 0.25) is 5.91 Å². The number of nitrogens with zero attached hydrogens (tertiary/aromatic N) is 1. The van der Waals surface area contributed by atoms with Gasteiger partial charge < -0.3 is 10.6 Å². The molecule has 2 N–H and O–H groups in total. The van der Waals surface area contributed by atoms with Crippen LogP contribution in [0.15, 0.2) is 24.3 Å². The number of carbonyl (C=O) groups is 1. The molecule has 3 rings (SSSR count). The van der Waals surface area contributed by atoms with Crippen molar-refractivity contribution in [1.29, 1.82) is 0 Å². The Morgan fingerprint density at radius 3 is 2.56 bits per heavy atom. The standard InChI is InChI=1S/C13H16N2O/c1-8-2-4-9(5-3-8)15-7-11-10(6-14)12(11)13(15)16/h2-5,10-12H,6-7,14H2,1H3. The van der Waals surface area contributed by atoms with E-state index in [0.717, 1.165) is 12.2 Å². The average molecular weight is 216 g/mol. The summed E-state index contributed by atoms with van der Waals surface area (Å²) >= 11 is 0. The lowest BCUT2D eigenvalue weighted by Gasteiger charge is -2.19. The molecule has 1 aromatic carbocycles. The number of amides is 1. The van der Waals surface area contributed by atoms with Crippen molar-refractivity contribution < 1.29 is 4.79 Å². The number of benzene rings is 1. The minimum atomic E-state index is 0.214. The number of fused-ring (bicyclic) bond motifs is 1. The molecule has 1 aromatic rings. The first-order valence-electron chi connectivity index (χ1n) is 5.80. The molecule has 2 fully saturated rings. The van der Waals surface area contributed by atoms with Gasteiger partial charge in [-0.2, -0.15) is 0 Å². The van der Waals surface area contributed by atoms with Gasteiger partial charge in [-0.3, -0.25) is 4.79 Å². The van der Waals surface area contributed by atoms with E-state index in [4.69, 9.17) is 5.73 Å². The van der Waals surface area contributed by atoms with E-state index < -0.39 is 0 Å². The van der Waals surface area contributed by atoms with Crippen LogP contribution in [-0.4, -0.2) is 19.0 Å². The molecule has 1 saturated heterocycles. The van der Waals surface area contributed by atoms with Crippen molar-refractivity contribution in [2.45, 2.75) is 6.92 Å². The lowest BCUT2D eigenvalue weighted by atomic mass is 10.2. The van der Waals surface area contributed by atoms with E-state index in [1.807, 2.05) is 29.2 Å². The Hall–Kier alpha value is -1.35. The normalized spacial score (nSPS) is 31.8. The maximum absolute atomic E-state index is 12.1. The minimum Gasteiger partial charge on any atom is -0.330 e. The Labute approximate surface area is 95.2 Å². The van der Waals surface area contributed by atoms with Gasteiger partial charge in [0.25, 0.3) is 0 Å². The summed E-state index contributed by atoms with van der Waals surface area (Å²) in [5, 5.41) is 0. The molecule has 3 atom stereocenters. The molecular formula is C13H16N2O. The fourth-order valence-corrected chi connectivity index (χ4v) is 2.82. The lowest BCUT2D eigenvalue weighted by molar-refractivity contribution is -0.119. The molecule has 0 spiro atoms. The van der Waals surface area contributed by atoms with Crippen molar-refractivity contribution >= 4 is 11.6 Å². The summed E-state index contributed by atoms with van der Waals surface area (Å²) in [6, 6.07) is 8.14. The van der Waals surface area contributed by atoms with E-state index in [2.05, 4.69) is 6.92 Å². The molecule has 16 heavy (non-hydrogen) atoms. The Kier molecular flexibility index (Phi) is 2.04. The molecule has 84 valence electrons. The van der Waals surface area contributed by atoms with Gasteiger partial charge in [-0.05, 0) is 37.4 Å². The van der Waals surface area contributed by atoms with Crippen molar-refractivity contribution in [2.24, 2.45) is 23.5 Å². The molecule has 0 bridgehead atoms. The van der Waals surface area contributed by atoms with Gasteiger partial charge in [0.15, 0.2) is 0 Å². The molecule has 2 aliphatic rings. The Morgan fingerprint density at radius 1 is 1.38 bits per heavy atom. The second-order valence-corrected chi connectivity index (χ2v) is 4.87. The Morgan fingerprint density at radius 2 is 2.06 bits per heavy atom. The third kappa shape index (κ3) is 1.28. The summed E-state index contributed by atoms with van der Waals surface area (Å²) in [6.45, 7) is 3.56. The lowest BCUT2D eigenvalue weighted by Crippen LogP contribution is -2.31. The smallest absolute Gasteiger partial charge is 0.230 e. The van der Waals surface area contributed by atoms with Crippen molar-refractivity contribution in [3.8, 4) is 0 Å². The van der Waals surface area contributed by atoms with Crippen LogP contribution in [0.3, 0.4) is 0 Å². The van der Waals surface area contributed by atoms with Crippen LogP contribution in [0.5, 0.6) is 0 Å². The van der Waals surface area contributed by atoms with E-state index in [1.54, 1.807) is 0 Å². The first-order chi connectivity index (χ1) is 7.72. The van der Waals surface area contributed by atoms with Gasteiger partial charge >= 0.3 is 0 Å². The van der Waals surface area contributed by atoms with Crippen molar-refractivity contribution in [3.05, 3.63) is 29.8 Å². The number of rotatable bonds is 2. The summed E-state index contributed by atoms with van der Waals surface area (Å²) in [7, 11) is 0. The molecular weight excluding hydrogens is 200 g/mol. The van der Waals surface area contributed by atoms with Gasteiger partial charge in [0, 0.05) is 18.2 Å². The van der Waals surface area contributed by atoms with Crippen LogP contribution in [0.1, 0.15) is 5.56 Å². The summed E-state index contributed by atoms with van der Waals surface area (Å²) in [5.41, 5.74) is 7.87. The maximum Gasteiger partial charge on any atom is 0.230 e. The van der Waals surface area contributed by atoms with Crippen LogP contribution in [-0.2, 0) is 4.79 Å². The fourth-order valence-electron chi connectivity index (χ4n) is 2.82. The Balaban J connectivity index is 1.80. The molecule has 1 aliphatic carbocycles. The van der Waals surface area contributed by atoms with Crippen molar-refractivity contribution in [3.63, 3.8) is 0 Å². The molecule has 1 amide bonds. The van der Waals surface area contributed by atoms with Crippen molar-refractivity contribution in [1.82, 2.24) is 0 Å². The predicted molar refractivity (Wildman–Crippen MR) is 63.1 cm³/mol. The number of hydrogen-bond acceptors (Lipinski definition) is 2. The van der Waals surface area contributed by atoms with Crippen LogP contribution in [0.2, 0.25) is 0 Å². The van der Waals surface area contributed by atoms with Crippen LogP contribution in [0.4, 0.5) is 5.69 Å². The SMILES string of the molecule is Cc1ccc(N2CC3C(CN)C3C2=O)cc1. The number of hydrogen-bond donors (Lipinski definition) is 1. The third-order valence-corrected chi connectivity index (χ3v) is 3.89. The average Bonchev–Trinajstić information content (AvgIpc) is 2.90. The summed E-state index contributed by atoms with van der Waals surface area (Å²) in [6.07, 6.45) is 0. The quantitative estimate of drug-likeness (QED) is 0.806. The van der Waals surface area contributed by atoms with Gasteiger partial charge in [0.05, 0.1) is 0 Å². The first-order valence-corrected chi connectivity index (χ1v) is 5.80. The monoisotopic (exact) mass is 216 g/mol. The van der Waals surface area contributed by atoms with Crippen LogP contribution in [0, 0.1) is 24.7 Å². The minimum absolute atomic E-state index is 0.214. The molecule has 1 aliphatic heterocycles. The van der Waals surface area contributed by atoms with E-state index in [1.165, 1.54) is 5.56 Å².